The van der Waals surface area contributed by atoms with Crippen LogP contribution in [0.2, 0.25) is 0 Å². The lowest BCUT2D eigenvalue weighted by Gasteiger charge is -2.19. The van der Waals surface area contributed by atoms with Crippen molar-refractivity contribution in [3.05, 3.63) is 33.2 Å². The Morgan fingerprint density at radius 3 is 3.00 bits per heavy atom. The highest BCUT2D eigenvalue weighted by atomic mass is 32.2. The molecule has 1 N–H and O–H groups in total. The van der Waals surface area contributed by atoms with Crippen molar-refractivity contribution in [2.45, 2.75) is 23.8 Å². The van der Waals surface area contributed by atoms with Crippen LogP contribution >= 0.6 is 34.4 Å². The number of amides is 1. The van der Waals surface area contributed by atoms with E-state index >= 15 is 0 Å². The number of thioether (sulfide) groups is 1. The van der Waals surface area contributed by atoms with Crippen LogP contribution in [-0.2, 0) is 4.79 Å². The minimum Gasteiger partial charge on any atom is -0.344 e. The zero-order valence-electron chi connectivity index (χ0n) is 14.2. The summed E-state index contributed by atoms with van der Waals surface area (Å²) < 4.78 is 0. The fraction of sp³-hybridized carbons (Fsp3) is 0.294. The number of hydrogen-bond acceptors (Lipinski definition) is 7. The number of nitrogens with zero attached hydrogens (tertiary/aromatic N) is 3. The van der Waals surface area contributed by atoms with Gasteiger partial charge in [0.1, 0.15) is 4.83 Å². The van der Waals surface area contributed by atoms with Gasteiger partial charge in [0, 0.05) is 29.4 Å². The molecule has 26 heavy (non-hydrogen) atoms. The number of hydrogen-bond donors (Lipinski definition) is 1. The van der Waals surface area contributed by atoms with Crippen LogP contribution < -0.4 is 5.56 Å². The van der Waals surface area contributed by atoms with Gasteiger partial charge in [-0.15, -0.1) is 22.7 Å². The van der Waals surface area contributed by atoms with Gasteiger partial charge in [-0.2, -0.15) is 5.26 Å². The summed E-state index contributed by atoms with van der Waals surface area (Å²) in [5.74, 6) is -0.0987. The molecule has 0 aromatic carbocycles. The highest BCUT2D eigenvalue weighted by Crippen LogP contribution is 2.34. The van der Waals surface area contributed by atoms with Gasteiger partial charge >= 0.3 is 0 Å². The van der Waals surface area contributed by atoms with E-state index in [1.54, 1.807) is 25.3 Å². The Bertz CT molecular complexity index is 1020. The highest BCUT2D eigenvalue weighted by Gasteiger charge is 2.21. The number of aromatic nitrogens is 2. The summed E-state index contributed by atoms with van der Waals surface area (Å²) in [7, 11) is 1.67. The smallest absolute Gasteiger partial charge is 0.260 e. The van der Waals surface area contributed by atoms with Crippen LogP contribution in [-0.4, -0.2) is 39.6 Å². The lowest BCUT2D eigenvalue weighted by molar-refractivity contribution is -0.128. The Morgan fingerprint density at radius 2 is 2.31 bits per heavy atom. The molecule has 1 amide bonds. The largest absolute Gasteiger partial charge is 0.344 e. The van der Waals surface area contributed by atoms with E-state index in [9.17, 15) is 9.59 Å². The van der Waals surface area contributed by atoms with E-state index in [4.69, 9.17) is 5.26 Å². The molecule has 0 aliphatic carbocycles. The molecule has 1 atom stereocenters. The summed E-state index contributed by atoms with van der Waals surface area (Å²) >= 11 is 4.22. The molecule has 0 radical (unpaired) electrons. The van der Waals surface area contributed by atoms with Crippen molar-refractivity contribution in [1.82, 2.24) is 14.9 Å². The average molecular weight is 405 g/mol. The molecule has 0 unspecified atom stereocenters. The fourth-order valence-electron chi connectivity index (χ4n) is 2.45. The van der Waals surface area contributed by atoms with Crippen LogP contribution in [0.15, 0.2) is 32.8 Å². The molecule has 3 aromatic heterocycles. The average Bonchev–Trinajstić information content (AvgIpc) is 3.28. The van der Waals surface area contributed by atoms with Crippen LogP contribution in [0.1, 0.15) is 13.3 Å². The third-order valence-corrected chi connectivity index (χ3v) is 6.53. The number of nitrogens with one attached hydrogen (secondary N) is 1. The van der Waals surface area contributed by atoms with Crippen molar-refractivity contribution in [2.75, 3.05) is 13.6 Å². The summed E-state index contributed by atoms with van der Waals surface area (Å²) in [6.45, 7) is 2.16. The molecule has 0 spiro atoms. The third kappa shape index (κ3) is 3.82. The Labute approximate surface area is 162 Å². The molecule has 0 fully saturated rings. The van der Waals surface area contributed by atoms with Crippen LogP contribution in [0.25, 0.3) is 20.7 Å². The monoisotopic (exact) mass is 404 g/mol. The predicted molar refractivity (Wildman–Crippen MR) is 107 cm³/mol. The summed E-state index contributed by atoms with van der Waals surface area (Å²) in [5.41, 5.74) is 0.699. The fourth-order valence-corrected chi connectivity index (χ4v) is 5.19. The van der Waals surface area contributed by atoms with Crippen LogP contribution in [0.4, 0.5) is 0 Å². The molecule has 9 heteroatoms. The lowest BCUT2D eigenvalue weighted by atomic mass is 10.2. The number of carbonyl (C=O) groups is 1. The van der Waals surface area contributed by atoms with Gasteiger partial charge in [0.05, 0.1) is 23.1 Å². The molecule has 3 aromatic rings. The SMILES string of the molecule is C[C@H](Sc1nc2scc(-c3cccs3)c2c(=O)[nH]1)C(=O)N(C)CCC#N. The van der Waals surface area contributed by atoms with Crippen LogP contribution in [0.5, 0.6) is 0 Å². The molecular formula is C17H16N4O2S3. The second-order valence-corrected chi connectivity index (χ2v) is 8.74. The van der Waals surface area contributed by atoms with Gasteiger partial charge in [-0.3, -0.25) is 9.59 Å². The molecule has 3 rings (SSSR count). The van der Waals surface area contributed by atoms with Crippen molar-refractivity contribution >= 4 is 50.6 Å². The van der Waals surface area contributed by atoms with Gasteiger partial charge in [-0.1, -0.05) is 17.8 Å². The van der Waals surface area contributed by atoms with Crippen molar-refractivity contribution in [2.24, 2.45) is 0 Å². The predicted octanol–water partition coefficient (Wildman–Crippen LogP) is 3.57. The number of fused-ring (bicyclic) bond motifs is 1. The van der Waals surface area contributed by atoms with Gasteiger partial charge in [0.25, 0.3) is 5.56 Å². The maximum Gasteiger partial charge on any atom is 0.260 e. The van der Waals surface area contributed by atoms with Crippen molar-refractivity contribution in [3.8, 4) is 16.5 Å². The molecule has 0 saturated carbocycles. The van der Waals surface area contributed by atoms with E-state index in [2.05, 4.69) is 9.97 Å². The maximum absolute atomic E-state index is 12.6. The van der Waals surface area contributed by atoms with Crippen LogP contribution in [0, 0.1) is 11.3 Å². The molecule has 0 aliphatic heterocycles. The van der Waals surface area contributed by atoms with Crippen molar-refractivity contribution in [1.29, 1.82) is 5.26 Å². The van der Waals surface area contributed by atoms with Crippen molar-refractivity contribution in [3.63, 3.8) is 0 Å². The first-order valence-corrected chi connectivity index (χ1v) is 10.5. The zero-order valence-corrected chi connectivity index (χ0v) is 16.6. The minimum absolute atomic E-state index is 0.0987. The number of nitriles is 1. The van der Waals surface area contributed by atoms with Crippen molar-refractivity contribution < 1.29 is 4.79 Å². The number of aromatic amines is 1. The minimum atomic E-state index is -0.406. The van der Waals surface area contributed by atoms with Gasteiger partial charge in [0.2, 0.25) is 5.91 Å². The van der Waals surface area contributed by atoms with E-state index < -0.39 is 5.25 Å². The quantitative estimate of drug-likeness (QED) is 0.501. The number of carbonyl (C=O) groups excluding carboxylic acids is 1. The lowest BCUT2D eigenvalue weighted by Crippen LogP contribution is -2.34. The normalized spacial score (nSPS) is 12.0. The first-order valence-electron chi connectivity index (χ1n) is 7.85. The van der Waals surface area contributed by atoms with Gasteiger partial charge in [0.15, 0.2) is 5.16 Å². The molecule has 0 aliphatic rings. The van der Waals surface area contributed by atoms with Gasteiger partial charge < -0.3 is 9.88 Å². The zero-order chi connectivity index (χ0) is 18.7. The summed E-state index contributed by atoms with van der Waals surface area (Å²) in [6, 6.07) is 5.95. The highest BCUT2D eigenvalue weighted by molar-refractivity contribution is 8.00. The first-order chi connectivity index (χ1) is 12.5. The summed E-state index contributed by atoms with van der Waals surface area (Å²) in [6.07, 6.45) is 0.293. The maximum atomic E-state index is 12.6. The Hall–Kier alpha value is -2.15. The topological polar surface area (TPSA) is 89.8 Å². The second kappa shape index (κ2) is 8.03. The van der Waals surface area contributed by atoms with E-state index in [0.29, 0.717) is 28.3 Å². The van der Waals surface area contributed by atoms with E-state index in [0.717, 1.165) is 10.4 Å². The number of thiophene rings is 2. The molecule has 134 valence electrons. The van der Waals surface area contributed by atoms with Gasteiger partial charge in [-0.05, 0) is 18.4 Å². The molecule has 6 nitrogen and oxygen atoms in total. The molecule has 0 saturated heterocycles. The first kappa shape index (κ1) is 18.6. The summed E-state index contributed by atoms with van der Waals surface area (Å²) in [4.78, 5) is 35.4. The Morgan fingerprint density at radius 1 is 1.50 bits per heavy atom. The van der Waals surface area contributed by atoms with E-state index in [1.165, 1.54) is 28.0 Å². The second-order valence-electron chi connectivity index (χ2n) is 5.61. The third-order valence-electron chi connectivity index (χ3n) is 3.78. The standard InChI is InChI=1S/C17H16N4O2S3/c1-10(16(23)21(2)7-4-6-18)26-17-19-14(22)13-11(9-25-15(13)20-17)12-5-3-8-24-12/h3,5,8-10H,4,7H2,1-2H3,(H,19,20,22)/t10-/m0/s1. The Balaban J connectivity index is 1.83. The molecule has 0 bridgehead atoms. The molecular weight excluding hydrogens is 388 g/mol. The Kier molecular flexibility index (Phi) is 5.76. The van der Waals surface area contributed by atoms with Gasteiger partial charge in [-0.25, -0.2) is 4.98 Å². The molecule has 3 heterocycles. The number of rotatable bonds is 6. The summed E-state index contributed by atoms with van der Waals surface area (Å²) in [5, 5.41) is 13.2. The van der Waals surface area contributed by atoms with E-state index in [-0.39, 0.29) is 11.5 Å². The number of H-pyrrole nitrogens is 1. The van der Waals surface area contributed by atoms with Crippen LogP contribution in [0.3, 0.4) is 0 Å². The van der Waals surface area contributed by atoms with E-state index in [1.807, 2.05) is 29.0 Å².